The molecule has 8 heteroatoms. The summed E-state index contributed by atoms with van der Waals surface area (Å²) in [5.41, 5.74) is -0.709. The lowest BCUT2D eigenvalue weighted by atomic mass is 10.1. The molecule has 134 valence electrons. The Morgan fingerprint density at radius 1 is 1.20 bits per heavy atom. The predicted molar refractivity (Wildman–Crippen MR) is 87.2 cm³/mol. The minimum absolute atomic E-state index is 0.359. The maximum atomic E-state index is 12.3. The standard InChI is InChI=1S/C17H20N2O6/c1-10(14(21)11-5-7-12(24-4)8-6-11)25-13(20)9-19-15(22)17(2,3)18-16(19)23/h5-8,10H,9H2,1-4H3,(H,18,23)/t10-/m0/s1. The molecule has 0 radical (unpaired) electrons. The minimum Gasteiger partial charge on any atom is -0.497 e. The number of imide groups is 1. The summed E-state index contributed by atoms with van der Waals surface area (Å²) < 4.78 is 10.1. The van der Waals surface area contributed by atoms with E-state index in [1.54, 1.807) is 24.3 Å². The number of benzene rings is 1. The number of carbonyl (C=O) groups excluding carboxylic acids is 4. The van der Waals surface area contributed by atoms with E-state index in [4.69, 9.17) is 9.47 Å². The van der Waals surface area contributed by atoms with Crippen LogP contribution in [-0.4, -0.2) is 53.9 Å². The first kappa shape index (κ1) is 18.4. The lowest BCUT2D eigenvalue weighted by Crippen LogP contribution is -2.41. The van der Waals surface area contributed by atoms with Crippen LogP contribution < -0.4 is 10.1 Å². The normalized spacial score (nSPS) is 17.0. The van der Waals surface area contributed by atoms with Crippen LogP contribution in [0.15, 0.2) is 24.3 Å². The third-order valence-corrected chi connectivity index (χ3v) is 3.78. The van der Waals surface area contributed by atoms with Crippen molar-refractivity contribution < 1.29 is 28.7 Å². The number of amides is 3. The molecule has 1 fully saturated rings. The van der Waals surface area contributed by atoms with Crippen molar-refractivity contribution in [2.45, 2.75) is 32.4 Å². The monoisotopic (exact) mass is 348 g/mol. The van der Waals surface area contributed by atoms with Crippen molar-refractivity contribution in [1.82, 2.24) is 10.2 Å². The van der Waals surface area contributed by atoms with Crippen molar-refractivity contribution in [3.63, 3.8) is 0 Å². The predicted octanol–water partition coefficient (Wildman–Crippen LogP) is 1.14. The van der Waals surface area contributed by atoms with Crippen LogP contribution in [-0.2, 0) is 14.3 Å². The Balaban J connectivity index is 1.96. The van der Waals surface area contributed by atoms with Gasteiger partial charge in [0.1, 0.15) is 17.8 Å². The van der Waals surface area contributed by atoms with E-state index in [9.17, 15) is 19.2 Å². The number of carbonyl (C=O) groups is 4. The van der Waals surface area contributed by atoms with Crippen LogP contribution in [0.3, 0.4) is 0 Å². The van der Waals surface area contributed by atoms with Crippen molar-refractivity contribution in [2.24, 2.45) is 0 Å². The summed E-state index contributed by atoms with van der Waals surface area (Å²) in [6.45, 7) is 3.96. The van der Waals surface area contributed by atoms with Crippen LogP contribution in [0.5, 0.6) is 5.75 Å². The van der Waals surface area contributed by atoms with Gasteiger partial charge in [-0.1, -0.05) is 0 Å². The Morgan fingerprint density at radius 3 is 2.28 bits per heavy atom. The van der Waals surface area contributed by atoms with Crippen LogP contribution in [0, 0.1) is 0 Å². The molecule has 8 nitrogen and oxygen atoms in total. The molecule has 1 aromatic rings. The van der Waals surface area contributed by atoms with Gasteiger partial charge in [0.15, 0.2) is 6.10 Å². The van der Waals surface area contributed by atoms with Crippen molar-refractivity contribution in [1.29, 1.82) is 0 Å². The number of methoxy groups -OCH3 is 1. The number of hydrogen-bond donors (Lipinski definition) is 1. The van der Waals surface area contributed by atoms with Crippen LogP contribution in [0.25, 0.3) is 0 Å². The van der Waals surface area contributed by atoms with E-state index < -0.39 is 41.9 Å². The molecule has 1 heterocycles. The first-order valence-corrected chi connectivity index (χ1v) is 7.67. The minimum atomic E-state index is -1.07. The van der Waals surface area contributed by atoms with Gasteiger partial charge in [-0.25, -0.2) is 4.79 Å². The summed E-state index contributed by atoms with van der Waals surface area (Å²) in [6.07, 6.45) is -1.05. The van der Waals surface area contributed by atoms with Gasteiger partial charge in [-0.15, -0.1) is 0 Å². The lowest BCUT2D eigenvalue weighted by Gasteiger charge is -2.17. The van der Waals surface area contributed by atoms with E-state index in [-0.39, 0.29) is 0 Å². The maximum Gasteiger partial charge on any atom is 0.326 e. The van der Waals surface area contributed by atoms with Gasteiger partial charge in [0.2, 0.25) is 5.78 Å². The van der Waals surface area contributed by atoms with Gasteiger partial charge < -0.3 is 14.8 Å². The second-order valence-electron chi connectivity index (χ2n) is 6.17. The second-order valence-corrected chi connectivity index (χ2v) is 6.17. The van der Waals surface area contributed by atoms with Crippen molar-refractivity contribution in [3.8, 4) is 5.75 Å². The van der Waals surface area contributed by atoms with Gasteiger partial charge in [-0.2, -0.15) is 0 Å². The van der Waals surface area contributed by atoms with E-state index in [2.05, 4.69) is 5.32 Å². The molecule has 2 rings (SSSR count). The van der Waals surface area contributed by atoms with Crippen LogP contribution in [0.1, 0.15) is 31.1 Å². The zero-order valence-corrected chi connectivity index (χ0v) is 14.5. The number of hydrogen-bond acceptors (Lipinski definition) is 6. The molecular formula is C17H20N2O6. The number of Topliss-reactive ketones (excluding diaryl/α,β-unsaturated/α-hetero) is 1. The molecule has 0 unspecified atom stereocenters. The molecule has 0 aromatic heterocycles. The Kier molecular flexibility index (Phi) is 5.10. The topological polar surface area (TPSA) is 102 Å². The molecule has 0 bridgehead atoms. The third-order valence-electron chi connectivity index (χ3n) is 3.78. The maximum absolute atomic E-state index is 12.3. The van der Waals surface area contributed by atoms with Gasteiger partial charge in [0.25, 0.3) is 5.91 Å². The molecule has 0 aliphatic carbocycles. The van der Waals surface area contributed by atoms with E-state index in [1.165, 1.54) is 27.9 Å². The lowest BCUT2D eigenvalue weighted by molar-refractivity contribution is -0.149. The molecule has 1 N–H and O–H groups in total. The van der Waals surface area contributed by atoms with E-state index in [0.717, 1.165) is 4.90 Å². The summed E-state index contributed by atoms with van der Waals surface area (Å²) in [6, 6.07) is 5.70. The van der Waals surface area contributed by atoms with Gasteiger partial charge >= 0.3 is 12.0 Å². The van der Waals surface area contributed by atoms with Crippen molar-refractivity contribution >= 4 is 23.7 Å². The summed E-state index contributed by atoms with van der Waals surface area (Å²) in [4.78, 5) is 48.8. The number of ketones is 1. The van der Waals surface area contributed by atoms with E-state index in [0.29, 0.717) is 11.3 Å². The summed E-state index contributed by atoms with van der Waals surface area (Å²) in [5, 5.41) is 2.46. The molecule has 3 amide bonds. The Labute approximate surface area is 145 Å². The zero-order chi connectivity index (χ0) is 18.8. The van der Waals surface area contributed by atoms with Crippen LogP contribution in [0.4, 0.5) is 4.79 Å². The highest BCUT2D eigenvalue weighted by Crippen LogP contribution is 2.17. The molecular weight excluding hydrogens is 328 g/mol. The summed E-state index contributed by atoms with van der Waals surface area (Å²) >= 11 is 0. The molecule has 1 atom stereocenters. The fraction of sp³-hybridized carbons (Fsp3) is 0.412. The van der Waals surface area contributed by atoms with E-state index in [1.807, 2.05) is 0 Å². The number of urea groups is 1. The number of rotatable bonds is 6. The number of nitrogens with zero attached hydrogens (tertiary/aromatic N) is 1. The highest BCUT2D eigenvalue weighted by Gasteiger charge is 2.45. The number of esters is 1. The Morgan fingerprint density at radius 2 is 1.80 bits per heavy atom. The van der Waals surface area contributed by atoms with Gasteiger partial charge in [-0.05, 0) is 45.0 Å². The first-order chi connectivity index (χ1) is 11.7. The molecule has 1 aromatic carbocycles. The van der Waals surface area contributed by atoms with E-state index >= 15 is 0 Å². The Bertz CT molecular complexity index is 710. The van der Waals surface area contributed by atoms with Crippen LogP contribution >= 0.6 is 0 Å². The highest BCUT2D eigenvalue weighted by molar-refractivity contribution is 6.08. The number of nitrogens with one attached hydrogen (secondary N) is 1. The van der Waals surface area contributed by atoms with Gasteiger partial charge in [-0.3, -0.25) is 19.3 Å². The smallest absolute Gasteiger partial charge is 0.326 e. The van der Waals surface area contributed by atoms with Crippen LogP contribution in [0.2, 0.25) is 0 Å². The van der Waals surface area contributed by atoms with Gasteiger partial charge in [0, 0.05) is 5.56 Å². The molecule has 0 saturated carbocycles. The summed E-state index contributed by atoms with van der Waals surface area (Å²) in [5.74, 6) is -1.16. The molecule has 1 aliphatic heterocycles. The highest BCUT2D eigenvalue weighted by atomic mass is 16.5. The third kappa shape index (κ3) is 3.96. The molecule has 1 aliphatic rings. The molecule has 25 heavy (non-hydrogen) atoms. The quantitative estimate of drug-likeness (QED) is 0.470. The zero-order valence-electron chi connectivity index (χ0n) is 14.5. The fourth-order valence-corrected chi connectivity index (χ4v) is 2.37. The largest absolute Gasteiger partial charge is 0.497 e. The van der Waals surface area contributed by atoms with Crippen molar-refractivity contribution in [2.75, 3.05) is 13.7 Å². The fourth-order valence-electron chi connectivity index (χ4n) is 2.37. The SMILES string of the molecule is COc1ccc(C(=O)[C@H](C)OC(=O)CN2C(=O)NC(C)(C)C2=O)cc1. The average molecular weight is 348 g/mol. The second kappa shape index (κ2) is 6.92. The summed E-state index contributed by atoms with van der Waals surface area (Å²) in [7, 11) is 1.51. The van der Waals surface area contributed by atoms with Crippen molar-refractivity contribution in [3.05, 3.63) is 29.8 Å². The number of ether oxygens (including phenoxy) is 2. The molecule has 1 saturated heterocycles. The average Bonchev–Trinajstić information content (AvgIpc) is 2.76. The first-order valence-electron chi connectivity index (χ1n) is 7.67. The van der Waals surface area contributed by atoms with Gasteiger partial charge in [0.05, 0.1) is 7.11 Å². The Hall–Kier alpha value is -2.90. The molecule has 0 spiro atoms.